The summed E-state index contributed by atoms with van der Waals surface area (Å²) in [7, 11) is 0. The van der Waals surface area contributed by atoms with Gasteiger partial charge in [-0.1, -0.05) is 23.4 Å². The number of rotatable bonds is 2. The summed E-state index contributed by atoms with van der Waals surface area (Å²) in [5.41, 5.74) is 7.92. The van der Waals surface area contributed by atoms with Gasteiger partial charge in [0.25, 0.3) is 5.89 Å². The molecule has 5 heteroatoms. The monoisotopic (exact) mass is 265 g/mol. The van der Waals surface area contributed by atoms with E-state index in [2.05, 4.69) is 10.1 Å². The molecule has 1 aromatic carbocycles. The zero-order valence-corrected chi connectivity index (χ0v) is 11.0. The van der Waals surface area contributed by atoms with Gasteiger partial charge in [0.2, 0.25) is 0 Å². The Hall–Kier alpha value is -1.39. The second kappa shape index (κ2) is 4.71. The van der Waals surface area contributed by atoms with E-state index in [0.29, 0.717) is 11.7 Å². The molecule has 0 atom stereocenters. The van der Waals surface area contributed by atoms with Crippen LogP contribution in [0.1, 0.15) is 30.7 Å². The molecule has 0 unspecified atom stereocenters. The minimum absolute atomic E-state index is 0. The second-order valence-electron chi connectivity index (χ2n) is 4.75. The number of nitrogens with two attached hydrogens (primary N) is 1. The Bertz CT molecular complexity index is 549. The molecule has 0 spiro atoms. The van der Waals surface area contributed by atoms with Gasteiger partial charge in [0.1, 0.15) is 0 Å². The molecule has 18 heavy (non-hydrogen) atoms. The third-order valence-corrected chi connectivity index (χ3v) is 3.49. The van der Waals surface area contributed by atoms with Crippen molar-refractivity contribution in [2.45, 2.75) is 31.7 Å². The van der Waals surface area contributed by atoms with E-state index in [1.807, 2.05) is 31.2 Å². The van der Waals surface area contributed by atoms with E-state index in [-0.39, 0.29) is 17.9 Å². The van der Waals surface area contributed by atoms with Gasteiger partial charge in [-0.05, 0) is 37.8 Å². The van der Waals surface area contributed by atoms with Gasteiger partial charge < -0.3 is 10.3 Å². The molecule has 2 aromatic rings. The molecule has 1 aliphatic rings. The summed E-state index contributed by atoms with van der Waals surface area (Å²) in [5, 5.41) is 4.02. The topological polar surface area (TPSA) is 64.9 Å². The molecular weight excluding hydrogens is 250 g/mol. The van der Waals surface area contributed by atoms with E-state index < -0.39 is 0 Å². The molecule has 1 aromatic heterocycles. The van der Waals surface area contributed by atoms with Crippen LogP contribution in [0.15, 0.2) is 28.8 Å². The van der Waals surface area contributed by atoms with E-state index in [4.69, 9.17) is 10.3 Å². The predicted molar refractivity (Wildman–Crippen MR) is 71.4 cm³/mol. The van der Waals surface area contributed by atoms with Crippen LogP contribution in [0.5, 0.6) is 0 Å². The number of hydrogen-bond donors (Lipinski definition) is 1. The molecule has 1 saturated carbocycles. The smallest absolute Gasteiger partial charge is 0.258 e. The Balaban J connectivity index is 0.00000120. The van der Waals surface area contributed by atoms with Crippen molar-refractivity contribution >= 4 is 12.4 Å². The first-order valence-electron chi connectivity index (χ1n) is 5.88. The van der Waals surface area contributed by atoms with E-state index in [1.165, 1.54) is 0 Å². The highest BCUT2D eigenvalue weighted by molar-refractivity contribution is 5.85. The van der Waals surface area contributed by atoms with Crippen LogP contribution < -0.4 is 5.73 Å². The van der Waals surface area contributed by atoms with Crippen molar-refractivity contribution in [2.24, 2.45) is 5.73 Å². The average Bonchev–Trinajstić information content (AvgIpc) is 2.76. The van der Waals surface area contributed by atoms with Crippen LogP contribution in [-0.4, -0.2) is 10.1 Å². The van der Waals surface area contributed by atoms with Crippen LogP contribution in [0.4, 0.5) is 0 Å². The lowest BCUT2D eigenvalue weighted by atomic mass is 9.77. The van der Waals surface area contributed by atoms with Crippen molar-refractivity contribution in [3.05, 3.63) is 35.7 Å². The summed E-state index contributed by atoms with van der Waals surface area (Å²) in [4.78, 5) is 4.43. The summed E-state index contributed by atoms with van der Waals surface area (Å²) in [6.07, 6.45) is 3.03. The van der Waals surface area contributed by atoms with E-state index >= 15 is 0 Å². The summed E-state index contributed by atoms with van der Waals surface area (Å²) in [5.74, 6) is 1.21. The molecule has 1 heterocycles. The van der Waals surface area contributed by atoms with Gasteiger partial charge in [0.05, 0.1) is 5.54 Å². The normalized spacial score (nSPS) is 16.8. The van der Waals surface area contributed by atoms with Crippen LogP contribution in [0.25, 0.3) is 11.5 Å². The van der Waals surface area contributed by atoms with Crippen molar-refractivity contribution in [3.63, 3.8) is 0 Å². The Morgan fingerprint density at radius 1 is 1.28 bits per heavy atom. The average molecular weight is 266 g/mol. The van der Waals surface area contributed by atoms with E-state index in [1.54, 1.807) is 0 Å². The van der Waals surface area contributed by atoms with Crippen molar-refractivity contribution < 1.29 is 4.52 Å². The summed E-state index contributed by atoms with van der Waals surface area (Å²) in [6.45, 7) is 2.03. The largest absolute Gasteiger partial charge is 0.334 e. The number of aryl methyl sites for hydroxylation is 1. The van der Waals surface area contributed by atoms with E-state index in [0.717, 1.165) is 30.4 Å². The molecule has 0 aliphatic heterocycles. The molecule has 0 saturated heterocycles. The Morgan fingerprint density at radius 3 is 2.61 bits per heavy atom. The number of aromatic nitrogens is 2. The lowest BCUT2D eigenvalue weighted by Gasteiger charge is -2.34. The van der Waals surface area contributed by atoms with Gasteiger partial charge in [0.15, 0.2) is 5.82 Å². The van der Waals surface area contributed by atoms with Crippen LogP contribution in [0.3, 0.4) is 0 Å². The maximum Gasteiger partial charge on any atom is 0.258 e. The van der Waals surface area contributed by atoms with E-state index in [9.17, 15) is 0 Å². The molecule has 1 fully saturated rings. The van der Waals surface area contributed by atoms with Gasteiger partial charge in [-0.25, -0.2) is 0 Å². The van der Waals surface area contributed by atoms with Crippen LogP contribution in [0, 0.1) is 6.92 Å². The number of benzene rings is 1. The Labute approximate surface area is 112 Å². The fourth-order valence-corrected chi connectivity index (χ4v) is 2.13. The van der Waals surface area contributed by atoms with Crippen LogP contribution in [0.2, 0.25) is 0 Å². The lowest BCUT2D eigenvalue weighted by molar-refractivity contribution is 0.229. The fourth-order valence-electron chi connectivity index (χ4n) is 2.13. The SMILES string of the molecule is Cc1ccccc1-c1nc(C2(N)CCC2)no1.Cl. The third-order valence-electron chi connectivity index (χ3n) is 3.49. The predicted octanol–water partition coefficient (Wildman–Crippen LogP) is 2.80. The molecular formula is C13H16ClN3O. The summed E-state index contributed by atoms with van der Waals surface area (Å²) < 4.78 is 5.31. The van der Waals surface area contributed by atoms with Crippen molar-refractivity contribution in [2.75, 3.05) is 0 Å². The maximum absolute atomic E-state index is 6.17. The van der Waals surface area contributed by atoms with Crippen molar-refractivity contribution in [1.82, 2.24) is 10.1 Å². The minimum Gasteiger partial charge on any atom is -0.334 e. The number of hydrogen-bond acceptors (Lipinski definition) is 4. The van der Waals surface area contributed by atoms with Crippen LogP contribution >= 0.6 is 12.4 Å². The third kappa shape index (κ3) is 2.02. The van der Waals surface area contributed by atoms with Gasteiger partial charge in [0, 0.05) is 5.56 Å². The fraction of sp³-hybridized carbons (Fsp3) is 0.385. The van der Waals surface area contributed by atoms with Gasteiger partial charge in [-0.15, -0.1) is 12.4 Å². The van der Waals surface area contributed by atoms with Crippen molar-refractivity contribution in [3.8, 4) is 11.5 Å². The van der Waals surface area contributed by atoms with Crippen LogP contribution in [-0.2, 0) is 5.54 Å². The highest BCUT2D eigenvalue weighted by atomic mass is 35.5. The molecule has 1 aliphatic carbocycles. The minimum atomic E-state index is -0.357. The lowest BCUT2D eigenvalue weighted by Crippen LogP contribution is -2.44. The zero-order chi connectivity index (χ0) is 11.9. The van der Waals surface area contributed by atoms with Gasteiger partial charge in [-0.2, -0.15) is 4.98 Å². The Morgan fingerprint density at radius 2 is 2.00 bits per heavy atom. The first-order chi connectivity index (χ1) is 8.19. The number of nitrogens with zero attached hydrogens (tertiary/aromatic N) is 2. The van der Waals surface area contributed by atoms with Gasteiger partial charge in [-0.3, -0.25) is 0 Å². The molecule has 0 radical (unpaired) electrons. The molecule has 3 rings (SSSR count). The van der Waals surface area contributed by atoms with Crippen molar-refractivity contribution in [1.29, 1.82) is 0 Å². The highest BCUT2D eigenvalue weighted by Crippen LogP contribution is 2.37. The zero-order valence-electron chi connectivity index (χ0n) is 10.2. The molecule has 0 amide bonds. The molecule has 2 N–H and O–H groups in total. The molecule has 0 bridgehead atoms. The highest BCUT2D eigenvalue weighted by Gasteiger charge is 2.39. The molecule has 96 valence electrons. The van der Waals surface area contributed by atoms with Gasteiger partial charge >= 0.3 is 0 Å². The first-order valence-corrected chi connectivity index (χ1v) is 5.88. The Kier molecular flexibility index (Phi) is 3.41. The first kappa shape index (κ1) is 13.1. The number of halogens is 1. The standard InChI is InChI=1S/C13H15N3O.ClH/c1-9-5-2-3-6-10(9)11-15-12(16-17-11)13(14)7-4-8-13;/h2-3,5-6H,4,7-8,14H2,1H3;1H. The second-order valence-corrected chi connectivity index (χ2v) is 4.75. The molecule has 4 nitrogen and oxygen atoms in total. The maximum atomic E-state index is 6.17. The quantitative estimate of drug-likeness (QED) is 0.907. The summed E-state index contributed by atoms with van der Waals surface area (Å²) >= 11 is 0. The summed E-state index contributed by atoms with van der Waals surface area (Å²) in [6, 6.07) is 7.97.